The first-order valence-corrected chi connectivity index (χ1v) is 6.88. The maximum atomic E-state index is 9.63. The molecule has 0 amide bonds. The number of phenols is 1. The quantitative estimate of drug-likeness (QED) is 0.636. The predicted octanol–water partition coefficient (Wildman–Crippen LogP) is 4.26. The molecule has 2 aromatic carbocycles. The molecule has 0 heterocycles. The Balaban J connectivity index is 2.11. The molecule has 0 aliphatic carbocycles. The van der Waals surface area contributed by atoms with E-state index in [9.17, 15) is 5.11 Å². The third-order valence-corrected chi connectivity index (χ3v) is 3.34. The van der Waals surface area contributed by atoms with E-state index in [1.54, 1.807) is 18.3 Å². The van der Waals surface area contributed by atoms with Crippen LogP contribution in [0.3, 0.4) is 0 Å². The van der Waals surface area contributed by atoms with Crippen molar-refractivity contribution in [1.29, 1.82) is 0 Å². The van der Waals surface area contributed by atoms with Gasteiger partial charge in [0.15, 0.2) is 11.5 Å². The Kier molecular flexibility index (Phi) is 4.87. The average Bonchev–Trinajstić information content (AvgIpc) is 2.44. The molecule has 6 heteroatoms. The van der Waals surface area contributed by atoms with E-state index >= 15 is 0 Å². The molecule has 0 aliphatic heterocycles. The molecule has 0 aromatic heterocycles. The van der Waals surface area contributed by atoms with Crippen molar-refractivity contribution >= 4 is 39.4 Å². The second-order valence-corrected chi connectivity index (χ2v) is 5.25. The highest BCUT2D eigenvalue weighted by Crippen LogP contribution is 2.34. The summed E-state index contributed by atoms with van der Waals surface area (Å²) in [5, 5.41) is 13.9. The Morgan fingerprint density at radius 2 is 2.00 bits per heavy atom. The molecular formula is C14H12BrClN2O2. The van der Waals surface area contributed by atoms with Gasteiger partial charge in [0, 0.05) is 4.47 Å². The fourth-order valence-electron chi connectivity index (χ4n) is 1.53. The fraction of sp³-hybridized carbons (Fsp3) is 0.0714. The highest BCUT2D eigenvalue weighted by Gasteiger charge is 2.07. The fourth-order valence-corrected chi connectivity index (χ4v) is 2.01. The normalized spacial score (nSPS) is 10.8. The highest BCUT2D eigenvalue weighted by atomic mass is 79.9. The SMILES string of the molecule is COc1cc(/C=N\Nc2ccc(Br)cc2)cc(Cl)c1O. The summed E-state index contributed by atoms with van der Waals surface area (Å²) in [6, 6.07) is 10.9. The minimum atomic E-state index is -0.0767. The summed E-state index contributed by atoms with van der Waals surface area (Å²) >= 11 is 9.26. The van der Waals surface area contributed by atoms with Crippen LogP contribution >= 0.6 is 27.5 Å². The first-order chi connectivity index (χ1) is 9.60. The second kappa shape index (κ2) is 6.63. The molecule has 0 saturated carbocycles. The number of nitrogens with zero attached hydrogens (tertiary/aromatic N) is 1. The number of methoxy groups -OCH3 is 1. The van der Waals surface area contributed by atoms with E-state index in [1.165, 1.54) is 7.11 Å². The van der Waals surface area contributed by atoms with Crippen LogP contribution < -0.4 is 10.2 Å². The van der Waals surface area contributed by atoms with Gasteiger partial charge in [-0.25, -0.2) is 0 Å². The first kappa shape index (κ1) is 14.7. The Hall–Kier alpha value is -1.72. The summed E-state index contributed by atoms with van der Waals surface area (Å²) in [7, 11) is 1.46. The van der Waals surface area contributed by atoms with Crippen LogP contribution in [0.25, 0.3) is 0 Å². The van der Waals surface area contributed by atoms with Crippen LogP contribution in [0.2, 0.25) is 5.02 Å². The van der Waals surface area contributed by atoms with Crippen LogP contribution in [0.1, 0.15) is 5.56 Å². The minimum Gasteiger partial charge on any atom is -0.503 e. The average molecular weight is 356 g/mol. The van der Waals surface area contributed by atoms with Crippen LogP contribution in [0.5, 0.6) is 11.5 Å². The summed E-state index contributed by atoms with van der Waals surface area (Å²) < 4.78 is 6.02. The molecule has 0 spiro atoms. The van der Waals surface area contributed by atoms with Gasteiger partial charge in [0.1, 0.15) is 0 Å². The third kappa shape index (κ3) is 3.65. The summed E-state index contributed by atoms with van der Waals surface area (Å²) in [5.74, 6) is 0.231. The molecule has 0 fully saturated rings. The molecule has 2 rings (SSSR count). The van der Waals surface area contributed by atoms with Crippen LogP contribution in [0.4, 0.5) is 5.69 Å². The molecular weight excluding hydrogens is 344 g/mol. The molecule has 2 aromatic rings. The van der Waals surface area contributed by atoms with Crippen molar-refractivity contribution in [1.82, 2.24) is 0 Å². The van der Waals surface area contributed by atoms with E-state index < -0.39 is 0 Å². The number of halogens is 2. The Morgan fingerprint density at radius 1 is 1.30 bits per heavy atom. The Morgan fingerprint density at radius 3 is 2.65 bits per heavy atom. The summed E-state index contributed by atoms with van der Waals surface area (Å²) in [4.78, 5) is 0. The third-order valence-electron chi connectivity index (χ3n) is 2.52. The smallest absolute Gasteiger partial charge is 0.176 e. The summed E-state index contributed by atoms with van der Waals surface area (Å²) in [5.41, 5.74) is 4.47. The number of nitrogens with one attached hydrogen (secondary N) is 1. The van der Waals surface area contributed by atoms with Gasteiger partial charge < -0.3 is 9.84 Å². The lowest BCUT2D eigenvalue weighted by Gasteiger charge is -2.06. The van der Waals surface area contributed by atoms with E-state index in [-0.39, 0.29) is 10.8 Å². The molecule has 0 saturated heterocycles. The standard InChI is InChI=1S/C14H12BrClN2O2/c1-20-13-7-9(6-12(16)14(13)19)8-17-18-11-4-2-10(15)3-5-11/h2-8,18-19H,1H3/b17-8-. The number of hydrazone groups is 1. The number of ether oxygens (including phenoxy) is 1. The predicted molar refractivity (Wildman–Crippen MR) is 85.0 cm³/mol. The monoisotopic (exact) mass is 354 g/mol. The van der Waals surface area contributed by atoms with Crippen molar-refractivity contribution in [2.75, 3.05) is 12.5 Å². The summed E-state index contributed by atoms with van der Waals surface area (Å²) in [6.45, 7) is 0. The van der Waals surface area contributed by atoms with E-state index in [0.717, 1.165) is 10.2 Å². The molecule has 0 atom stereocenters. The number of benzene rings is 2. The van der Waals surface area contributed by atoms with Gasteiger partial charge in [-0.2, -0.15) is 5.10 Å². The molecule has 2 N–H and O–H groups in total. The van der Waals surface area contributed by atoms with Crippen LogP contribution in [-0.4, -0.2) is 18.4 Å². The Labute approximate surface area is 130 Å². The van der Waals surface area contributed by atoms with Gasteiger partial charge >= 0.3 is 0 Å². The number of phenolic OH excluding ortho intramolecular Hbond substituents is 1. The minimum absolute atomic E-state index is 0.0767. The molecule has 20 heavy (non-hydrogen) atoms. The van der Waals surface area contributed by atoms with Gasteiger partial charge in [0.05, 0.1) is 24.0 Å². The number of aromatic hydroxyl groups is 1. The van der Waals surface area contributed by atoms with Crippen molar-refractivity contribution in [3.63, 3.8) is 0 Å². The number of hydrogen-bond donors (Lipinski definition) is 2. The lowest BCUT2D eigenvalue weighted by Crippen LogP contribution is -1.92. The second-order valence-electron chi connectivity index (χ2n) is 3.93. The molecule has 0 aliphatic rings. The van der Waals surface area contributed by atoms with Gasteiger partial charge in [-0.05, 0) is 42.0 Å². The molecule has 0 bridgehead atoms. The van der Waals surface area contributed by atoms with Crippen LogP contribution in [0, 0.1) is 0 Å². The van der Waals surface area contributed by atoms with Crippen LogP contribution in [0.15, 0.2) is 46.0 Å². The zero-order valence-electron chi connectivity index (χ0n) is 10.6. The molecule has 104 valence electrons. The largest absolute Gasteiger partial charge is 0.503 e. The first-order valence-electron chi connectivity index (χ1n) is 5.71. The van der Waals surface area contributed by atoms with E-state index in [4.69, 9.17) is 16.3 Å². The number of rotatable bonds is 4. The van der Waals surface area contributed by atoms with Gasteiger partial charge in [-0.1, -0.05) is 27.5 Å². The van der Waals surface area contributed by atoms with E-state index in [1.807, 2.05) is 24.3 Å². The molecule has 0 unspecified atom stereocenters. The van der Waals surface area contributed by atoms with E-state index in [0.29, 0.717) is 11.3 Å². The van der Waals surface area contributed by atoms with Crippen molar-refractivity contribution in [2.24, 2.45) is 5.10 Å². The topological polar surface area (TPSA) is 53.8 Å². The van der Waals surface area contributed by atoms with Crippen LogP contribution in [-0.2, 0) is 0 Å². The van der Waals surface area contributed by atoms with Gasteiger partial charge in [0.25, 0.3) is 0 Å². The molecule has 0 radical (unpaired) electrons. The number of hydrogen-bond acceptors (Lipinski definition) is 4. The van der Waals surface area contributed by atoms with Crippen molar-refractivity contribution in [3.8, 4) is 11.5 Å². The highest BCUT2D eigenvalue weighted by molar-refractivity contribution is 9.10. The lowest BCUT2D eigenvalue weighted by molar-refractivity contribution is 0.373. The maximum absolute atomic E-state index is 9.63. The lowest BCUT2D eigenvalue weighted by atomic mass is 10.2. The van der Waals surface area contributed by atoms with Gasteiger partial charge in [-0.15, -0.1) is 0 Å². The van der Waals surface area contributed by atoms with E-state index in [2.05, 4.69) is 26.5 Å². The van der Waals surface area contributed by atoms with Crippen molar-refractivity contribution in [2.45, 2.75) is 0 Å². The van der Waals surface area contributed by atoms with Gasteiger partial charge in [-0.3, -0.25) is 5.43 Å². The maximum Gasteiger partial charge on any atom is 0.176 e. The number of anilines is 1. The molecule has 4 nitrogen and oxygen atoms in total. The van der Waals surface area contributed by atoms with Crippen molar-refractivity contribution < 1.29 is 9.84 Å². The zero-order valence-corrected chi connectivity index (χ0v) is 12.9. The van der Waals surface area contributed by atoms with Crippen molar-refractivity contribution in [3.05, 3.63) is 51.5 Å². The Bertz CT molecular complexity index is 630. The zero-order chi connectivity index (χ0) is 14.5. The van der Waals surface area contributed by atoms with Gasteiger partial charge in [0.2, 0.25) is 0 Å². The summed E-state index contributed by atoms with van der Waals surface area (Å²) in [6.07, 6.45) is 1.59.